The highest BCUT2D eigenvalue weighted by atomic mass is 35.5. The fourth-order valence-electron chi connectivity index (χ4n) is 2.66. The van der Waals surface area contributed by atoms with Crippen LogP contribution in [0.1, 0.15) is 30.5 Å². The molecule has 0 saturated carbocycles. The summed E-state index contributed by atoms with van der Waals surface area (Å²) in [4.78, 5) is 16.1. The van der Waals surface area contributed by atoms with Gasteiger partial charge in [-0.3, -0.25) is 0 Å². The summed E-state index contributed by atoms with van der Waals surface area (Å²) in [7, 11) is 1.29. The van der Waals surface area contributed by atoms with Crippen LogP contribution in [0.5, 0.6) is 5.75 Å². The minimum Gasteiger partial charge on any atom is -0.486 e. The lowest BCUT2D eigenvalue weighted by molar-refractivity contribution is -0.129. The SMILES string of the molecule is CON=C(C(=O)O)c1ccccc1COc1c(Cl)cc(CC(C)C)cc1Cl. The highest BCUT2D eigenvalue weighted by Crippen LogP contribution is 2.35. The van der Waals surface area contributed by atoms with Crippen LogP contribution in [0, 0.1) is 5.92 Å². The van der Waals surface area contributed by atoms with E-state index >= 15 is 0 Å². The normalized spacial score (nSPS) is 11.6. The molecule has 0 radical (unpaired) electrons. The lowest BCUT2D eigenvalue weighted by Crippen LogP contribution is -2.17. The van der Waals surface area contributed by atoms with Crippen LogP contribution in [0.25, 0.3) is 0 Å². The van der Waals surface area contributed by atoms with Crippen molar-refractivity contribution in [2.24, 2.45) is 11.1 Å². The van der Waals surface area contributed by atoms with Crippen LogP contribution in [0.4, 0.5) is 0 Å². The fraction of sp³-hybridized carbons (Fsp3) is 0.300. The Hall–Kier alpha value is -2.24. The second kappa shape index (κ2) is 9.62. The van der Waals surface area contributed by atoms with Gasteiger partial charge in [-0.15, -0.1) is 0 Å². The van der Waals surface area contributed by atoms with E-state index in [0.29, 0.717) is 32.8 Å². The first-order valence-corrected chi connectivity index (χ1v) is 9.12. The van der Waals surface area contributed by atoms with Gasteiger partial charge in [0.2, 0.25) is 0 Å². The number of nitrogens with zero attached hydrogens (tertiary/aromatic N) is 1. The smallest absolute Gasteiger partial charge is 0.358 e. The van der Waals surface area contributed by atoms with Crippen LogP contribution in [0.2, 0.25) is 10.0 Å². The first kappa shape index (κ1) is 21.1. The molecule has 27 heavy (non-hydrogen) atoms. The number of carbonyl (C=O) groups is 1. The summed E-state index contributed by atoms with van der Waals surface area (Å²) < 4.78 is 5.81. The Morgan fingerprint density at radius 2 is 1.81 bits per heavy atom. The van der Waals surface area contributed by atoms with E-state index in [0.717, 1.165) is 12.0 Å². The van der Waals surface area contributed by atoms with Crippen molar-refractivity contribution in [3.05, 3.63) is 63.1 Å². The number of carboxylic acids is 1. The Labute approximate surface area is 168 Å². The zero-order valence-corrected chi connectivity index (χ0v) is 16.8. The summed E-state index contributed by atoms with van der Waals surface area (Å²) in [6.45, 7) is 4.31. The molecule has 0 bridgehead atoms. The molecule has 0 aromatic heterocycles. The third-order valence-electron chi connectivity index (χ3n) is 3.73. The van der Waals surface area contributed by atoms with Crippen molar-refractivity contribution in [3.63, 3.8) is 0 Å². The Kier molecular flexibility index (Phi) is 7.51. The van der Waals surface area contributed by atoms with Gasteiger partial charge in [-0.2, -0.15) is 0 Å². The minimum atomic E-state index is -1.20. The molecule has 0 spiro atoms. The molecule has 0 unspecified atom stereocenters. The number of rotatable bonds is 8. The minimum absolute atomic E-state index is 0.0785. The summed E-state index contributed by atoms with van der Waals surface area (Å²) in [6, 6.07) is 10.6. The maximum atomic E-state index is 11.5. The zero-order valence-electron chi connectivity index (χ0n) is 15.3. The zero-order chi connectivity index (χ0) is 20.0. The Morgan fingerprint density at radius 1 is 1.19 bits per heavy atom. The van der Waals surface area contributed by atoms with Gasteiger partial charge < -0.3 is 14.7 Å². The van der Waals surface area contributed by atoms with Crippen molar-refractivity contribution < 1.29 is 19.5 Å². The van der Waals surface area contributed by atoms with E-state index in [1.165, 1.54) is 7.11 Å². The van der Waals surface area contributed by atoms with E-state index in [-0.39, 0.29) is 12.3 Å². The Morgan fingerprint density at radius 3 is 2.37 bits per heavy atom. The monoisotopic (exact) mass is 409 g/mol. The molecule has 7 heteroatoms. The van der Waals surface area contributed by atoms with Gasteiger partial charge in [0.15, 0.2) is 11.5 Å². The third kappa shape index (κ3) is 5.62. The molecule has 2 rings (SSSR count). The standard InChI is InChI=1S/C20H21Cl2NO4/c1-12(2)8-13-9-16(21)19(17(22)10-13)27-11-14-6-4-5-7-15(14)18(20(24)25)23-26-3/h4-7,9-10,12H,8,11H2,1-3H3,(H,24,25). The summed E-state index contributed by atoms with van der Waals surface area (Å²) in [5, 5.41) is 13.8. The van der Waals surface area contributed by atoms with Gasteiger partial charge in [-0.1, -0.05) is 66.5 Å². The summed E-state index contributed by atoms with van der Waals surface area (Å²) >= 11 is 12.7. The number of aliphatic carboxylic acids is 1. The molecular weight excluding hydrogens is 389 g/mol. The van der Waals surface area contributed by atoms with Crippen molar-refractivity contribution in [1.82, 2.24) is 0 Å². The molecule has 0 atom stereocenters. The number of ether oxygens (including phenoxy) is 1. The van der Waals surface area contributed by atoms with Gasteiger partial charge in [-0.05, 0) is 35.6 Å². The van der Waals surface area contributed by atoms with Crippen molar-refractivity contribution in [2.45, 2.75) is 26.9 Å². The predicted octanol–water partition coefficient (Wildman–Crippen LogP) is 5.21. The lowest BCUT2D eigenvalue weighted by Gasteiger charge is -2.14. The molecule has 0 aliphatic heterocycles. The molecule has 144 valence electrons. The summed E-state index contributed by atoms with van der Waals surface area (Å²) in [5.74, 6) is -0.357. The highest BCUT2D eigenvalue weighted by Gasteiger charge is 2.18. The lowest BCUT2D eigenvalue weighted by atomic mass is 10.0. The number of oxime groups is 1. The molecule has 0 aliphatic rings. The van der Waals surface area contributed by atoms with Crippen molar-refractivity contribution in [3.8, 4) is 5.75 Å². The number of hydrogen-bond donors (Lipinski definition) is 1. The quantitative estimate of drug-likeness (QED) is 0.480. The average molecular weight is 410 g/mol. The maximum absolute atomic E-state index is 11.5. The molecular formula is C20H21Cl2NO4. The van der Waals surface area contributed by atoms with Gasteiger partial charge in [0.1, 0.15) is 13.7 Å². The van der Waals surface area contributed by atoms with Gasteiger partial charge in [-0.25, -0.2) is 4.79 Å². The average Bonchev–Trinajstić information content (AvgIpc) is 2.58. The second-order valence-corrected chi connectivity index (χ2v) is 7.17. The fourth-order valence-corrected chi connectivity index (χ4v) is 3.30. The van der Waals surface area contributed by atoms with Gasteiger partial charge in [0.05, 0.1) is 10.0 Å². The summed E-state index contributed by atoms with van der Waals surface area (Å²) in [6.07, 6.45) is 0.859. The first-order valence-electron chi connectivity index (χ1n) is 8.37. The van der Waals surface area contributed by atoms with Gasteiger partial charge in [0.25, 0.3) is 0 Å². The van der Waals surface area contributed by atoms with Crippen LogP contribution in [0.15, 0.2) is 41.6 Å². The van der Waals surface area contributed by atoms with Crippen molar-refractivity contribution in [1.29, 1.82) is 0 Å². The first-order chi connectivity index (χ1) is 12.8. The van der Waals surface area contributed by atoms with Crippen LogP contribution in [-0.2, 0) is 22.7 Å². The van der Waals surface area contributed by atoms with E-state index < -0.39 is 5.97 Å². The van der Waals surface area contributed by atoms with Crippen LogP contribution in [0.3, 0.4) is 0 Å². The topological polar surface area (TPSA) is 68.1 Å². The van der Waals surface area contributed by atoms with E-state index in [1.54, 1.807) is 24.3 Å². The predicted molar refractivity (Wildman–Crippen MR) is 107 cm³/mol. The maximum Gasteiger partial charge on any atom is 0.358 e. The molecule has 2 aromatic carbocycles. The molecule has 5 nitrogen and oxygen atoms in total. The Bertz CT molecular complexity index is 827. The van der Waals surface area contributed by atoms with Crippen LogP contribution < -0.4 is 4.74 Å². The number of benzene rings is 2. The molecule has 0 aliphatic carbocycles. The second-order valence-electron chi connectivity index (χ2n) is 6.36. The number of hydrogen-bond acceptors (Lipinski definition) is 4. The number of halogens is 2. The van der Waals surface area contributed by atoms with Gasteiger partial charge in [0, 0.05) is 5.56 Å². The van der Waals surface area contributed by atoms with Crippen LogP contribution >= 0.6 is 23.2 Å². The summed E-state index contributed by atoms with van der Waals surface area (Å²) in [5.41, 5.74) is 1.85. The highest BCUT2D eigenvalue weighted by molar-refractivity contribution is 6.42. The van der Waals surface area contributed by atoms with Crippen molar-refractivity contribution >= 4 is 34.9 Å². The van der Waals surface area contributed by atoms with E-state index in [4.69, 9.17) is 27.9 Å². The van der Waals surface area contributed by atoms with Crippen molar-refractivity contribution in [2.75, 3.05) is 7.11 Å². The molecule has 0 heterocycles. The van der Waals surface area contributed by atoms with Crippen LogP contribution in [-0.4, -0.2) is 23.9 Å². The Balaban J connectivity index is 2.28. The molecule has 1 N–H and O–H groups in total. The van der Waals surface area contributed by atoms with E-state index in [2.05, 4.69) is 23.8 Å². The number of carboxylic acid groups (broad SMARTS) is 1. The molecule has 0 fully saturated rings. The molecule has 0 saturated heterocycles. The third-order valence-corrected chi connectivity index (χ3v) is 4.29. The van der Waals surface area contributed by atoms with E-state index in [1.807, 2.05) is 12.1 Å². The molecule has 0 amide bonds. The van der Waals surface area contributed by atoms with Gasteiger partial charge >= 0.3 is 5.97 Å². The largest absolute Gasteiger partial charge is 0.486 e. The molecule has 2 aromatic rings. The van der Waals surface area contributed by atoms with E-state index in [9.17, 15) is 9.90 Å².